The van der Waals surface area contributed by atoms with Crippen molar-refractivity contribution in [2.75, 3.05) is 0 Å². The Hall–Kier alpha value is -2.01. The molecule has 0 fully saturated rings. The SMILES string of the molecule is CCCn1nc(-c2ccccn2)cc(CC(=O)Cl)c1=O. The lowest BCUT2D eigenvalue weighted by Gasteiger charge is -2.08. The molecular weight excluding hydrogens is 278 g/mol. The highest BCUT2D eigenvalue weighted by Gasteiger charge is 2.12. The van der Waals surface area contributed by atoms with E-state index in [2.05, 4.69) is 10.1 Å². The van der Waals surface area contributed by atoms with Crippen molar-refractivity contribution in [3.63, 3.8) is 0 Å². The van der Waals surface area contributed by atoms with Gasteiger partial charge in [-0.15, -0.1) is 0 Å². The van der Waals surface area contributed by atoms with Gasteiger partial charge in [-0.05, 0) is 36.2 Å². The van der Waals surface area contributed by atoms with Gasteiger partial charge in [0, 0.05) is 18.3 Å². The molecule has 0 saturated carbocycles. The molecule has 0 atom stereocenters. The van der Waals surface area contributed by atoms with Crippen molar-refractivity contribution < 1.29 is 4.79 Å². The predicted octanol–water partition coefficient (Wildman–Crippen LogP) is 2.02. The van der Waals surface area contributed by atoms with Crippen LogP contribution in [0, 0.1) is 0 Å². The Labute approximate surface area is 121 Å². The molecule has 0 unspecified atom stereocenters. The first-order valence-electron chi connectivity index (χ1n) is 6.32. The van der Waals surface area contributed by atoms with Crippen LogP contribution in [0.2, 0.25) is 0 Å². The number of hydrogen-bond donors (Lipinski definition) is 0. The zero-order valence-corrected chi connectivity index (χ0v) is 11.8. The summed E-state index contributed by atoms with van der Waals surface area (Å²) in [5.74, 6) is 0. The highest BCUT2D eigenvalue weighted by atomic mass is 35.5. The maximum atomic E-state index is 12.1. The van der Waals surface area contributed by atoms with E-state index >= 15 is 0 Å². The second kappa shape index (κ2) is 6.43. The van der Waals surface area contributed by atoms with Crippen LogP contribution >= 0.6 is 11.6 Å². The van der Waals surface area contributed by atoms with Crippen molar-refractivity contribution in [1.82, 2.24) is 14.8 Å². The van der Waals surface area contributed by atoms with Crippen molar-refractivity contribution >= 4 is 16.8 Å². The third kappa shape index (κ3) is 3.30. The molecule has 0 spiro atoms. The second-order valence-electron chi connectivity index (χ2n) is 4.33. The number of aryl methyl sites for hydroxylation is 1. The van der Waals surface area contributed by atoms with E-state index < -0.39 is 5.24 Å². The van der Waals surface area contributed by atoms with E-state index in [-0.39, 0.29) is 12.0 Å². The lowest BCUT2D eigenvalue weighted by Crippen LogP contribution is -2.27. The van der Waals surface area contributed by atoms with Gasteiger partial charge in [0.1, 0.15) is 5.69 Å². The molecule has 0 saturated heterocycles. The first-order valence-corrected chi connectivity index (χ1v) is 6.70. The topological polar surface area (TPSA) is 64.8 Å². The molecule has 2 aromatic rings. The number of nitrogens with zero attached hydrogens (tertiary/aromatic N) is 3. The summed E-state index contributed by atoms with van der Waals surface area (Å²) in [6.07, 6.45) is 2.32. The number of pyridine rings is 1. The summed E-state index contributed by atoms with van der Waals surface area (Å²) in [5, 5.41) is 3.72. The first kappa shape index (κ1) is 14.4. The number of carbonyl (C=O) groups is 1. The zero-order chi connectivity index (χ0) is 14.5. The molecule has 0 aliphatic heterocycles. The van der Waals surface area contributed by atoms with Gasteiger partial charge >= 0.3 is 0 Å². The summed E-state index contributed by atoms with van der Waals surface area (Å²) < 4.78 is 1.36. The molecule has 0 radical (unpaired) electrons. The van der Waals surface area contributed by atoms with Crippen LogP contribution in [-0.2, 0) is 17.8 Å². The predicted molar refractivity (Wildman–Crippen MR) is 76.6 cm³/mol. The fourth-order valence-corrected chi connectivity index (χ4v) is 2.02. The van der Waals surface area contributed by atoms with Gasteiger partial charge in [-0.2, -0.15) is 5.10 Å². The molecule has 6 heteroatoms. The second-order valence-corrected chi connectivity index (χ2v) is 4.75. The molecule has 20 heavy (non-hydrogen) atoms. The number of hydrogen-bond acceptors (Lipinski definition) is 4. The lowest BCUT2D eigenvalue weighted by atomic mass is 10.1. The summed E-state index contributed by atoms with van der Waals surface area (Å²) in [4.78, 5) is 27.4. The van der Waals surface area contributed by atoms with Crippen molar-refractivity contribution in [2.45, 2.75) is 26.3 Å². The standard InChI is InChI=1S/C14H14ClN3O2/c1-2-7-18-14(20)10(9-13(15)19)8-12(17-18)11-5-3-4-6-16-11/h3-6,8H,2,7,9H2,1H3. The smallest absolute Gasteiger partial charge is 0.270 e. The zero-order valence-electron chi connectivity index (χ0n) is 11.0. The molecule has 0 N–H and O–H groups in total. The Morgan fingerprint density at radius 1 is 1.35 bits per heavy atom. The van der Waals surface area contributed by atoms with Gasteiger partial charge in [-0.25, -0.2) is 4.68 Å². The van der Waals surface area contributed by atoms with E-state index in [0.717, 1.165) is 6.42 Å². The number of aromatic nitrogens is 3. The largest absolute Gasteiger partial charge is 0.281 e. The van der Waals surface area contributed by atoms with Crippen LogP contribution in [0.1, 0.15) is 18.9 Å². The van der Waals surface area contributed by atoms with Crippen LogP contribution in [0.5, 0.6) is 0 Å². The van der Waals surface area contributed by atoms with Gasteiger partial charge in [0.25, 0.3) is 5.56 Å². The summed E-state index contributed by atoms with van der Waals surface area (Å²) in [5.41, 5.74) is 1.28. The Morgan fingerprint density at radius 2 is 2.15 bits per heavy atom. The average molecular weight is 292 g/mol. The maximum absolute atomic E-state index is 12.1. The van der Waals surface area contributed by atoms with Gasteiger partial charge < -0.3 is 0 Å². The molecule has 0 bridgehead atoms. The van der Waals surface area contributed by atoms with E-state index in [1.54, 1.807) is 24.4 Å². The fraction of sp³-hybridized carbons (Fsp3) is 0.286. The quantitative estimate of drug-likeness (QED) is 0.791. The van der Waals surface area contributed by atoms with E-state index in [1.165, 1.54) is 4.68 Å². The molecule has 0 amide bonds. The average Bonchev–Trinajstić information content (AvgIpc) is 2.44. The van der Waals surface area contributed by atoms with Crippen LogP contribution in [0.25, 0.3) is 11.4 Å². The molecule has 104 valence electrons. The highest BCUT2D eigenvalue weighted by molar-refractivity contribution is 6.63. The van der Waals surface area contributed by atoms with E-state index in [0.29, 0.717) is 23.5 Å². The summed E-state index contributed by atoms with van der Waals surface area (Å²) in [6, 6.07) is 7.02. The Kier molecular flexibility index (Phi) is 4.63. The van der Waals surface area contributed by atoms with Gasteiger partial charge in [-0.1, -0.05) is 13.0 Å². The highest BCUT2D eigenvalue weighted by Crippen LogP contribution is 2.13. The third-order valence-electron chi connectivity index (χ3n) is 2.74. The first-order chi connectivity index (χ1) is 9.61. The van der Waals surface area contributed by atoms with Crippen LogP contribution in [0.4, 0.5) is 0 Å². The minimum atomic E-state index is -0.566. The lowest BCUT2D eigenvalue weighted by molar-refractivity contribution is -0.111. The van der Waals surface area contributed by atoms with Crippen molar-refractivity contribution in [1.29, 1.82) is 0 Å². The van der Waals surface area contributed by atoms with Crippen molar-refractivity contribution in [3.8, 4) is 11.4 Å². The monoisotopic (exact) mass is 291 g/mol. The Balaban J connectivity index is 2.55. The van der Waals surface area contributed by atoms with Crippen LogP contribution in [0.15, 0.2) is 35.3 Å². The van der Waals surface area contributed by atoms with E-state index in [1.807, 2.05) is 13.0 Å². The van der Waals surface area contributed by atoms with E-state index in [9.17, 15) is 9.59 Å². The summed E-state index contributed by atoms with van der Waals surface area (Å²) >= 11 is 5.39. The number of halogens is 1. The Morgan fingerprint density at radius 3 is 2.75 bits per heavy atom. The normalized spacial score (nSPS) is 10.5. The van der Waals surface area contributed by atoms with Crippen molar-refractivity contribution in [2.24, 2.45) is 0 Å². The maximum Gasteiger partial charge on any atom is 0.270 e. The van der Waals surface area contributed by atoms with Gasteiger partial charge in [0.2, 0.25) is 5.24 Å². The van der Waals surface area contributed by atoms with Crippen molar-refractivity contribution in [3.05, 3.63) is 46.4 Å². The molecule has 2 aromatic heterocycles. The van der Waals surface area contributed by atoms with Gasteiger partial charge in [0.05, 0.1) is 12.1 Å². The molecule has 0 aromatic carbocycles. The molecule has 0 aliphatic carbocycles. The summed E-state index contributed by atoms with van der Waals surface area (Å²) in [6.45, 7) is 2.44. The van der Waals surface area contributed by atoms with Gasteiger partial charge in [-0.3, -0.25) is 14.6 Å². The summed E-state index contributed by atoms with van der Waals surface area (Å²) in [7, 11) is 0. The number of carbonyl (C=O) groups excluding carboxylic acids is 1. The molecular formula is C14H14ClN3O2. The Bertz CT molecular complexity index is 668. The molecule has 2 rings (SSSR count). The van der Waals surface area contributed by atoms with Crippen LogP contribution < -0.4 is 5.56 Å². The molecule has 2 heterocycles. The minimum Gasteiger partial charge on any atom is -0.281 e. The van der Waals surface area contributed by atoms with E-state index in [4.69, 9.17) is 11.6 Å². The fourth-order valence-electron chi connectivity index (χ4n) is 1.88. The molecule has 0 aliphatic rings. The molecule has 5 nitrogen and oxygen atoms in total. The van der Waals surface area contributed by atoms with Crippen LogP contribution in [-0.4, -0.2) is 20.0 Å². The third-order valence-corrected chi connectivity index (χ3v) is 2.87. The number of rotatable bonds is 5. The van der Waals surface area contributed by atoms with Gasteiger partial charge in [0.15, 0.2) is 0 Å². The minimum absolute atomic E-state index is 0.105. The van der Waals surface area contributed by atoms with Crippen LogP contribution in [0.3, 0.4) is 0 Å².